The van der Waals surface area contributed by atoms with Gasteiger partial charge in [0, 0.05) is 19.2 Å². The van der Waals surface area contributed by atoms with E-state index in [0.29, 0.717) is 5.92 Å². The third-order valence-corrected chi connectivity index (χ3v) is 5.33. The molecule has 0 amide bonds. The number of ether oxygens (including phenoxy) is 1. The van der Waals surface area contributed by atoms with Crippen LogP contribution in [0.4, 0.5) is 0 Å². The average molecular weight is 284 g/mol. The normalized spacial score (nSPS) is 35.0. The SMILES string of the molecule is CCNC1(CO)CCCC1CCN1CCC(COC)C1. The van der Waals surface area contributed by atoms with Gasteiger partial charge in [0.1, 0.15) is 0 Å². The Hall–Kier alpha value is -0.160. The summed E-state index contributed by atoms with van der Waals surface area (Å²) in [5.74, 6) is 1.36. The second-order valence-corrected chi connectivity index (χ2v) is 6.63. The molecule has 0 aromatic carbocycles. The number of rotatable bonds is 8. The van der Waals surface area contributed by atoms with E-state index in [0.717, 1.165) is 25.5 Å². The molecule has 0 aromatic heterocycles. The molecule has 20 heavy (non-hydrogen) atoms. The lowest BCUT2D eigenvalue weighted by Crippen LogP contribution is -2.51. The van der Waals surface area contributed by atoms with Gasteiger partial charge in [-0.25, -0.2) is 0 Å². The van der Waals surface area contributed by atoms with E-state index in [-0.39, 0.29) is 12.1 Å². The Morgan fingerprint density at radius 2 is 2.25 bits per heavy atom. The maximum absolute atomic E-state index is 9.83. The lowest BCUT2D eigenvalue weighted by atomic mass is 9.85. The van der Waals surface area contributed by atoms with E-state index in [1.54, 1.807) is 7.11 Å². The van der Waals surface area contributed by atoms with E-state index >= 15 is 0 Å². The first kappa shape index (κ1) is 16.2. The van der Waals surface area contributed by atoms with Gasteiger partial charge in [-0.2, -0.15) is 0 Å². The predicted octanol–water partition coefficient (Wildman–Crippen LogP) is 1.49. The Kier molecular flexibility index (Phi) is 6.27. The molecule has 0 aromatic rings. The Morgan fingerprint density at radius 3 is 2.95 bits per heavy atom. The summed E-state index contributed by atoms with van der Waals surface area (Å²) in [5.41, 5.74) is 0.000402. The van der Waals surface area contributed by atoms with Crippen molar-refractivity contribution >= 4 is 0 Å². The molecule has 4 nitrogen and oxygen atoms in total. The molecule has 1 aliphatic heterocycles. The van der Waals surface area contributed by atoms with Gasteiger partial charge in [0.15, 0.2) is 0 Å². The summed E-state index contributed by atoms with van der Waals surface area (Å²) in [5, 5.41) is 13.4. The van der Waals surface area contributed by atoms with Crippen molar-refractivity contribution in [3.8, 4) is 0 Å². The van der Waals surface area contributed by atoms with Crippen LogP contribution in [0.25, 0.3) is 0 Å². The molecule has 1 saturated heterocycles. The van der Waals surface area contributed by atoms with Gasteiger partial charge in [0.25, 0.3) is 0 Å². The van der Waals surface area contributed by atoms with Gasteiger partial charge < -0.3 is 20.1 Å². The van der Waals surface area contributed by atoms with Crippen molar-refractivity contribution in [2.45, 2.75) is 44.6 Å². The fourth-order valence-electron chi connectivity index (χ4n) is 4.24. The highest BCUT2D eigenvalue weighted by molar-refractivity contribution is 4.99. The lowest BCUT2D eigenvalue weighted by Gasteiger charge is -2.35. The van der Waals surface area contributed by atoms with Crippen molar-refractivity contribution in [1.82, 2.24) is 10.2 Å². The van der Waals surface area contributed by atoms with E-state index in [1.807, 2.05) is 0 Å². The molecule has 2 N–H and O–H groups in total. The first-order chi connectivity index (χ1) is 9.74. The highest BCUT2D eigenvalue weighted by Crippen LogP contribution is 2.38. The topological polar surface area (TPSA) is 44.7 Å². The smallest absolute Gasteiger partial charge is 0.0616 e. The molecule has 2 aliphatic rings. The van der Waals surface area contributed by atoms with Crippen LogP contribution in [0.1, 0.15) is 39.0 Å². The number of likely N-dealkylation sites (N-methyl/N-ethyl adjacent to an activating group) is 1. The highest BCUT2D eigenvalue weighted by Gasteiger charge is 2.41. The predicted molar refractivity (Wildman–Crippen MR) is 81.9 cm³/mol. The molecule has 3 unspecified atom stereocenters. The van der Waals surface area contributed by atoms with Gasteiger partial charge in [-0.3, -0.25) is 0 Å². The molecule has 1 heterocycles. The van der Waals surface area contributed by atoms with E-state index in [9.17, 15) is 5.11 Å². The summed E-state index contributed by atoms with van der Waals surface area (Å²) in [6.45, 7) is 7.87. The van der Waals surface area contributed by atoms with Crippen LogP contribution >= 0.6 is 0 Å². The Bertz CT molecular complexity index is 288. The third kappa shape index (κ3) is 3.73. The Morgan fingerprint density at radius 1 is 1.40 bits per heavy atom. The van der Waals surface area contributed by atoms with Gasteiger partial charge in [-0.1, -0.05) is 13.3 Å². The van der Waals surface area contributed by atoms with E-state index in [1.165, 1.54) is 45.3 Å². The Labute approximate surface area is 123 Å². The van der Waals surface area contributed by atoms with Crippen molar-refractivity contribution in [3.05, 3.63) is 0 Å². The van der Waals surface area contributed by atoms with Crippen molar-refractivity contribution in [3.63, 3.8) is 0 Å². The molecule has 4 heteroatoms. The van der Waals surface area contributed by atoms with Gasteiger partial charge in [-0.15, -0.1) is 0 Å². The monoisotopic (exact) mass is 284 g/mol. The van der Waals surface area contributed by atoms with Crippen molar-refractivity contribution in [1.29, 1.82) is 0 Å². The number of nitrogens with one attached hydrogen (secondary N) is 1. The summed E-state index contributed by atoms with van der Waals surface area (Å²) in [6.07, 6.45) is 6.14. The first-order valence-corrected chi connectivity index (χ1v) is 8.31. The first-order valence-electron chi connectivity index (χ1n) is 8.31. The van der Waals surface area contributed by atoms with Gasteiger partial charge in [0.2, 0.25) is 0 Å². The minimum atomic E-state index is 0.000402. The summed E-state index contributed by atoms with van der Waals surface area (Å²) in [7, 11) is 1.80. The molecule has 1 saturated carbocycles. The zero-order valence-corrected chi connectivity index (χ0v) is 13.2. The Balaban J connectivity index is 1.78. The van der Waals surface area contributed by atoms with Crippen LogP contribution in [0.3, 0.4) is 0 Å². The molecule has 2 rings (SSSR count). The van der Waals surface area contributed by atoms with Gasteiger partial charge >= 0.3 is 0 Å². The van der Waals surface area contributed by atoms with Crippen molar-refractivity contribution in [2.24, 2.45) is 11.8 Å². The lowest BCUT2D eigenvalue weighted by molar-refractivity contribution is 0.113. The maximum atomic E-state index is 9.83. The van der Waals surface area contributed by atoms with E-state index < -0.39 is 0 Å². The highest BCUT2D eigenvalue weighted by atomic mass is 16.5. The molecule has 1 aliphatic carbocycles. The molecule has 0 spiro atoms. The van der Waals surface area contributed by atoms with E-state index in [2.05, 4.69) is 17.1 Å². The van der Waals surface area contributed by atoms with Gasteiger partial charge in [0.05, 0.1) is 13.2 Å². The van der Waals surface area contributed by atoms with Crippen LogP contribution in [-0.4, -0.2) is 62.0 Å². The number of methoxy groups -OCH3 is 1. The number of hydrogen-bond donors (Lipinski definition) is 2. The third-order valence-electron chi connectivity index (χ3n) is 5.33. The van der Waals surface area contributed by atoms with Crippen LogP contribution in [0.15, 0.2) is 0 Å². The van der Waals surface area contributed by atoms with Crippen LogP contribution < -0.4 is 5.32 Å². The van der Waals surface area contributed by atoms with Crippen LogP contribution in [0.2, 0.25) is 0 Å². The second kappa shape index (κ2) is 7.74. The fraction of sp³-hybridized carbons (Fsp3) is 1.00. The second-order valence-electron chi connectivity index (χ2n) is 6.63. The van der Waals surface area contributed by atoms with Crippen LogP contribution in [0, 0.1) is 11.8 Å². The standard InChI is InChI=1S/C16H32N2O2/c1-3-17-16(13-19)8-4-5-15(16)7-10-18-9-6-14(11-18)12-20-2/h14-15,17,19H,3-13H2,1-2H3. The maximum Gasteiger partial charge on any atom is 0.0616 e. The number of aliphatic hydroxyl groups is 1. The largest absolute Gasteiger partial charge is 0.394 e. The minimum absolute atomic E-state index is 0.000402. The fourth-order valence-corrected chi connectivity index (χ4v) is 4.24. The quantitative estimate of drug-likeness (QED) is 0.709. The molecule has 118 valence electrons. The molecule has 2 fully saturated rings. The molecule has 0 bridgehead atoms. The zero-order valence-electron chi connectivity index (χ0n) is 13.2. The van der Waals surface area contributed by atoms with Crippen molar-refractivity contribution in [2.75, 3.05) is 46.5 Å². The molecular weight excluding hydrogens is 252 g/mol. The van der Waals surface area contributed by atoms with Gasteiger partial charge in [-0.05, 0) is 57.2 Å². The zero-order chi connectivity index (χ0) is 14.4. The molecule has 0 radical (unpaired) electrons. The van der Waals surface area contributed by atoms with E-state index in [4.69, 9.17) is 4.74 Å². The number of nitrogens with zero attached hydrogens (tertiary/aromatic N) is 1. The summed E-state index contributed by atoms with van der Waals surface area (Å²) in [4.78, 5) is 2.58. The number of hydrogen-bond acceptors (Lipinski definition) is 4. The minimum Gasteiger partial charge on any atom is -0.394 e. The van der Waals surface area contributed by atoms with Crippen molar-refractivity contribution < 1.29 is 9.84 Å². The van der Waals surface area contributed by atoms with Crippen LogP contribution in [-0.2, 0) is 4.74 Å². The average Bonchev–Trinajstić information content (AvgIpc) is 3.05. The summed E-state index contributed by atoms with van der Waals surface area (Å²) in [6, 6.07) is 0. The number of aliphatic hydroxyl groups excluding tert-OH is 1. The molecule has 3 atom stereocenters. The summed E-state index contributed by atoms with van der Waals surface area (Å²) >= 11 is 0. The summed E-state index contributed by atoms with van der Waals surface area (Å²) < 4.78 is 5.26. The van der Waals surface area contributed by atoms with Crippen LogP contribution in [0.5, 0.6) is 0 Å². The number of likely N-dealkylation sites (tertiary alicyclic amines) is 1. The molecular formula is C16H32N2O2.